The third kappa shape index (κ3) is 3.30. The number of thioether (sulfide) groups is 1. The molecule has 1 atom stereocenters. The number of hydrogen-bond acceptors (Lipinski definition) is 3. The maximum Gasteiger partial charge on any atom is 0.253 e. The number of H-pyrrole nitrogens is 1. The van der Waals surface area contributed by atoms with Crippen molar-refractivity contribution in [1.29, 1.82) is 0 Å². The van der Waals surface area contributed by atoms with Crippen molar-refractivity contribution in [3.05, 3.63) is 36.0 Å². The number of aromatic amines is 1. The second kappa shape index (κ2) is 5.67. The van der Waals surface area contributed by atoms with Crippen LogP contribution in [0.25, 0.3) is 10.9 Å². The largest absolute Gasteiger partial charge is 0.387 e. The second-order valence-corrected chi connectivity index (χ2v) is 5.73. The van der Waals surface area contributed by atoms with Crippen molar-refractivity contribution >= 4 is 28.6 Å². The number of aliphatic hydroxyl groups is 1. The second-order valence-electron chi connectivity index (χ2n) is 4.86. The van der Waals surface area contributed by atoms with Crippen LogP contribution in [-0.4, -0.2) is 40.2 Å². The lowest BCUT2D eigenvalue weighted by Gasteiger charge is -2.22. The molecule has 0 aliphatic rings. The molecule has 0 aliphatic carbocycles. The fourth-order valence-electron chi connectivity index (χ4n) is 2.00. The maximum absolute atomic E-state index is 12.2. The smallest absolute Gasteiger partial charge is 0.253 e. The summed E-state index contributed by atoms with van der Waals surface area (Å²) in [6.07, 6.45) is 3.74. The number of para-hydroxylation sites is 1. The van der Waals surface area contributed by atoms with Crippen molar-refractivity contribution in [3.8, 4) is 0 Å². The van der Waals surface area contributed by atoms with Gasteiger partial charge < -0.3 is 15.4 Å². The summed E-state index contributed by atoms with van der Waals surface area (Å²) < 4.78 is 0. The van der Waals surface area contributed by atoms with Crippen LogP contribution in [0.3, 0.4) is 0 Å². The van der Waals surface area contributed by atoms with Gasteiger partial charge in [0.1, 0.15) is 0 Å². The molecule has 0 radical (unpaired) electrons. The highest BCUT2D eigenvalue weighted by atomic mass is 32.2. The molecule has 2 rings (SSSR count). The number of aromatic nitrogens is 1. The summed E-state index contributed by atoms with van der Waals surface area (Å²) >= 11 is 1.55. The molecule has 3 N–H and O–H groups in total. The Kier molecular flexibility index (Phi) is 4.17. The van der Waals surface area contributed by atoms with E-state index in [9.17, 15) is 9.90 Å². The molecule has 1 unspecified atom stereocenters. The Balaban J connectivity index is 2.10. The first kappa shape index (κ1) is 14.0. The van der Waals surface area contributed by atoms with E-state index in [0.717, 1.165) is 10.9 Å². The first-order valence-corrected chi connectivity index (χ1v) is 7.48. The van der Waals surface area contributed by atoms with Gasteiger partial charge in [-0.2, -0.15) is 11.8 Å². The number of rotatable bonds is 5. The average Bonchev–Trinajstić information content (AvgIpc) is 2.84. The summed E-state index contributed by atoms with van der Waals surface area (Å²) in [5.41, 5.74) is 0.533. The van der Waals surface area contributed by atoms with E-state index >= 15 is 0 Å². The molecular weight excluding hydrogens is 260 g/mol. The first-order valence-electron chi connectivity index (χ1n) is 6.09. The standard InChI is InChI=1S/C14H18N2O2S/c1-14(18,9-19-2)8-16-13(17)11-5-3-4-10-6-7-15-12(10)11/h3-7,15,18H,8-9H2,1-2H3,(H,16,17). The predicted octanol–water partition coefficient (Wildman–Crippen LogP) is 2.01. The number of amides is 1. The Morgan fingerprint density at radius 2 is 2.26 bits per heavy atom. The van der Waals surface area contributed by atoms with Crippen molar-refractivity contribution in [3.63, 3.8) is 0 Å². The molecule has 0 saturated carbocycles. The maximum atomic E-state index is 12.2. The van der Waals surface area contributed by atoms with Gasteiger partial charge in [0.15, 0.2) is 0 Å². The fourth-order valence-corrected chi connectivity index (χ4v) is 2.73. The Morgan fingerprint density at radius 3 is 3.00 bits per heavy atom. The van der Waals surface area contributed by atoms with Crippen molar-refractivity contribution in [2.75, 3.05) is 18.6 Å². The summed E-state index contributed by atoms with van der Waals surface area (Å²) in [7, 11) is 0. The van der Waals surface area contributed by atoms with Gasteiger partial charge in [-0.05, 0) is 25.3 Å². The average molecular weight is 278 g/mol. The molecule has 0 aliphatic heterocycles. The monoisotopic (exact) mass is 278 g/mol. The van der Waals surface area contributed by atoms with Crippen molar-refractivity contribution < 1.29 is 9.90 Å². The molecule has 2 aromatic rings. The Bertz CT molecular complexity index is 578. The van der Waals surface area contributed by atoms with Crippen LogP contribution in [-0.2, 0) is 0 Å². The Labute approximate surface area is 116 Å². The van der Waals surface area contributed by atoms with Gasteiger partial charge in [-0.3, -0.25) is 4.79 Å². The van der Waals surface area contributed by atoms with Crippen LogP contribution in [0.1, 0.15) is 17.3 Å². The predicted molar refractivity (Wildman–Crippen MR) is 79.6 cm³/mol. The lowest BCUT2D eigenvalue weighted by molar-refractivity contribution is 0.0726. The van der Waals surface area contributed by atoms with Crippen molar-refractivity contribution in [2.45, 2.75) is 12.5 Å². The Morgan fingerprint density at radius 1 is 1.47 bits per heavy atom. The summed E-state index contributed by atoms with van der Waals surface area (Å²) in [5.74, 6) is 0.411. The lowest BCUT2D eigenvalue weighted by atomic mass is 10.1. The SMILES string of the molecule is CSCC(C)(O)CNC(=O)c1cccc2cc[nH]c12. The van der Waals surface area contributed by atoms with Crippen LogP contribution < -0.4 is 5.32 Å². The van der Waals surface area contributed by atoms with Crippen LogP contribution in [0.15, 0.2) is 30.5 Å². The van der Waals surface area contributed by atoms with Crippen molar-refractivity contribution in [1.82, 2.24) is 10.3 Å². The van der Waals surface area contributed by atoms with Gasteiger partial charge >= 0.3 is 0 Å². The van der Waals surface area contributed by atoms with E-state index in [-0.39, 0.29) is 12.5 Å². The summed E-state index contributed by atoms with van der Waals surface area (Å²) in [5, 5.41) is 13.8. The Hall–Kier alpha value is -1.46. The summed E-state index contributed by atoms with van der Waals surface area (Å²) in [6, 6.07) is 7.51. The minimum absolute atomic E-state index is 0.172. The van der Waals surface area contributed by atoms with Crippen LogP contribution in [0.2, 0.25) is 0 Å². The molecule has 1 aromatic carbocycles. The van der Waals surface area contributed by atoms with E-state index in [0.29, 0.717) is 11.3 Å². The molecule has 0 saturated heterocycles. The van der Waals surface area contributed by atoms with E-state index in [1.165, 1.54) is 0 Å². The molecule has 0 fully saturated rings. The number of hydrogen-bond donors (Lipinski definition) is 3. The molecule has 1 aromatic heterocycles. The third-order valence-electron chi connectivity index (χ3n) is 2.92. The summed E-state index contributed by atoms with van der Waals surface area (Å²) in [4.78, 5) is 15.2. The zero-order chi connectivity index (χ0) is 13.9. The van der Waals surface area contributed by atoms with Gasteiger partial charge in [-0.15, -0.1) is 0 Å². The lowest BCUT2D eigenvalue weighted by Crippen LogP contribution is -2.42. The number of carbonyl (C=O) groups excluding carboxylic acids is 1. The quantitative estimate of drug-likeness (QED) is 0.784. The van der Waals surface area contributed by atoms with Crippen LogP contribution in [0, 0.1) is 0 Å². The molecule has 0 spiro atoms. The van der Waals surface area contributed by atoms with Gasteiger partial charge in [0.25, 0.3) is 5.91 Å². The van der Waals surface area contributed by atoms with Gasteiger partial charge in [0.2, 0.25) is 0 Å². The molecular formula is C14H18N2O2S. The number of fused-ring (bicyclic) bond motifs is 1. The molecule has 1 amide bonds. The molecule has 5 heteroatoms. The van der Waals surface area contributed by atoms with Gasteiger partial charge in [0.05, 0.1) is 16.7 Å². The normalized spacial score (nSPS) is 14.3. The van der Waals surface area contributed by atoms with E-state index < -0.39 is 5.60 Å². The third-order valence-corrected chi connectivity index (χ3v) is 3.83. The molecule has 102 valence electrons. The highest BCUT2D eigenvalue weighted by Gasteiger charge is 2.21. The molecule has 19 heavy (non-hydrogen) atoms. The van der Waals surface area contributed by atoms with Crippen LogP contribution in [0.5, 0.6) is 0 Å². The fraction of sp³-hybridized carbons (Fsp3) is 0.357. The van der Waals surface area contributed by atoms with E-state index in [1.54, 1.807) is 24.8 Å². The highest BCUT2D eigenvalue weighted by molar-refractivity contribution is 7.98. The van der Waals surface area contributed by atoms with Gasteiger partial charge in [-0.1, -0.05) is 12.1 Å². The molecule has 4 nitrogen and oxygen atoms in total. The van der Waals surface area contributed by atoms with Crippen LogP contribution in [0.4, 0.5) is 0 Å². The number of nitrogens with one attached hydrogen (secondary N) is 2. The molecule has 0 bridgehead atoms. The topological polar surface area (TPSA) is 65.1 Å². The minimum atomic E-state index is -0.890. The number of carbonyl (C=O) groups is 1. The van der Waals surface area contributed by atoms with Crippen LogP contribution >= 0.6 is 11.8 Å². The van der Waals surface area contributed by atoms with E-state index in [1.807, 2.05) is 30.7 Å². The zero-order valence-electron chi connectivity index (χ0n) is 11.1. The highest BCUT2D eigenvalue weighted by Crippen LogP contribution is 2.17. The van der Waals surface area contributed by atoms with Crippen molar-refractivity contribution in [2.24, 2.45) is 0 Å². The first-order chi connectivity index (χ1) is 9.03. The van der Waals surface area contributed by atoms with E-state index in [4.69, 9.17) is 0 Å². The van der Waals surface area contributed by atoms with E-state index in [2.05, 4.69) is 10.3 Å². The molecule has 1 heterocycles. The van der Waals surface area contributed by atoms with Gasteiger partial charge in [-0.25, -0.2) is 0 Å². The number of benzene rings is 1. The minimum Gasteiger partial charge on any atom is -0.387 e. The summed E-state index contributed by atoms with van der Waals surface area (Å²) in [6.45, 7) is 1.96. The zero-order valence-corrected chi connectivity index (χ0v) is 11.9. The van der Waals surface area contributed by atoms with Gasteiger partial charge in [0, 0.05) is 23.9 Å².